The average molecular weight is 285 g/mol. The Morgan fingerprint density at radius 2 is 2.05 bits per heavy atom. The summed E-state index contributed by atoms with van der Waals surface area (Å²) >= 11 is 0. The van der Waals surface area contributed by atoms with Gasteiger partial charge in [-0.25, -0.2) is 4.79 Å². The number of carbonyl (C=O) groups excluding carboxylic acids is 2. The first kappa shape index (κ1) is 15.1. The molecule has 2 rings (SSSR count). The molecule has 2 unspecified atom stereocenters. The third kappa shape index (κ3) is 3.42. The zero-order chi connectivity index (χ0) is 15.0. The predicted molar refractivity (Wildman–Crippen MR) is 71.2 cm³/mol. The van der Waals surface area contributed by atoms with Gasteiger partial charge in [-0.05, 0) is 27.2 Å². The minimum Gasteiger partial charge on any atom is -0.469 e. The summed E-state index contributed by atoms with van der Waals surface area (Å²) in [6, 6.07) is 0. The van der Waals surface area contributed by atoms with Crippen molar-refractivity contribution < 1.29 is 23.8 Å². The first-order chi connectivity index (χ1) is 9.26. The molecule has 6 heteroatoms. The first-order valence-corrected chi connectivity index (χ1v) is 6.92. The maximum absolute atomic E-state index is 12.1. The third-order valence-electron chi connectivity index (χ3n) is 3.78. The van der Waals surface area contributed by atoms with Gasteiger partial charge >= 0.3 is 12.1 Å². The molecule has 0 radical (unpaired) electrons. The molecule has 114 valence electrons. The van der Waals surface area contributed by atoms with E-state index in [2.05, 4.69) is 0 Å². The largest absolute Gasteiger partial charge is 0.469 e. The molecule has 20 heavy (non-hydrogen) atoms. The number of esters is 1. The lowest BCUT2D eigenvalue weighted by atomic mass is 9.80. The number of likely N-dealkylation sites (tertiary alicyclic amines) is 1. The van der Waals surface area contributed by atoms with Crippen molar-refractivity contribution in [2.45, 2.75) is 45.3 Å². The molecule has 0 saturated carbocycles. The quantitative estimate of drug-likeness (QED) is 0.581. The van der Waals surface area contributed by atoms with Crippen molar-refractivity contribution in [3.63, 3.8) is 0 Å². The van der Waals surface area contributed by atoms with Gasteiger partial charge in [-0.3, -0.25) is 4.79 Å². The van der Waals surface area contributed by atoms with Crippen LogP contribution in [0.25, 0.3) is 0 Å². The summed E-state index contributed by atoms with van der Waals surface area (Å²) in [6.07, 6.45) is 0.748. The van der Waals surface area contributed by atoms with Crippen LogP contribution in [-0.2, 0) is 19.0 Å². The van der Waals surface area contributed by atoms with Crippen molar-refractivity contribution in [3.8, 4) is 0 Å². The standard InChI is InChI=1S/C14H23NO5/c1-13(2,3)20-12(17)15-6-5-14(9-15,10-8-19-10)7-11(16)18-4/h10H,5-9H2,1-4H3. The summed E-state index contributed by atoms with van der Waals surface area (Å²) in [7, 11) is 1.38. The molecule has 0 spiro atoms. The van der Waals surface area contributed by atoms with Crippen LogP contribution in [0, 0.1) is 5.41 Å². The highest BCUT2D eigenvalue weighted by Crippen LogP contribution is 2.44. The molecule has 0 aromatic carbocycles. The van der Waals surface area contributed by atoms with Crippen LogP contribution in [0.1, 0.15) is 33.6 Å². The number of nitrogens with zero attached hydrogens (tertiary/aromatic N) is 1. The summed E-state index contributed by atoms with van der Waals surface area (Å²) in [5, 5.41) is 0. The summed E-state index contributed by atoms with van der Waals surface area (Å²) in [5.74, 6) is -0.258. The molecule has 1 amide bonds. The molecule has 2 heterocycles. The van der Waals surface area contributed by atoms with Gasteiger partial charge in [0, 0.05) is 18.5 Å². The Kier molecular flexibility index (Phi) is 3.95. The smallest absolute Gasteiger partial charge is 0.410 e. The van der Waals surface area contributed by atoms with Gasteiger partial charge in [0.2, 0.25) is 0 Å². The first-order valence-electron chi connectivity index (χ1n) is 6.92. The van der Waals surface area contributed by atoms with E-state index in [1.165, 1.54) is 7.11 Å². The molecule has 0 aliphatic carbocycles. The second kappa shape index (κ2) is 5.24. The highest BCUT2D eigenvalue weighted by atomic mass is 16.6. The Hall–Kier alpha value is -1.30. The number of methoxy groups -OCH3 is 1. The van der Waals surface area contributed by atoms with E-state index in [1.807, 2.05) is 20.8 Å². The Bertz CT molecular complexity index is 399. The molecule has 0 aromatic rings. The number of amides is 1. The number of hydrogen-bond acceptors (Lipinski definition) is 5. The van der Waals surface area contributed by atoms with E-state index in [9.17, 15) is 9.59 Å². The molecule has 0 aromatic heterocycles. The highest BCUT2D eigenvalue weighted by molar-refractivity contribution is 5.72. The Morgan fingerprint density at radius 1 is 1.40 bits per heavy atom. The van der Waals surface area contributed by atoms with Crippen LogP contribution >= 0.6 is 0 Å². The van der Waals surface area contributed by atoms with E-state index in [0.29, 0.717) is 19.7 Å². The highest BCUT2D eigenvalue weighted by Gasteiger charge is 2.53. The molecule has 2 atom stereocenters. The van der Waals surface area contributed by atoms with Crippen LogP contribution < -0.4 is 0 Å². The van der Waals surface area contributed by atoms with Gasteiger partial charge in [-0.2, -0.15) is 0 Å². The fourth-order valence-corrected chi connectivity index (χ4v) is 2.66. The van der Waals surface area contributed by atoms with Crippen LogP contribution in [-0.4, -0.2) is 55.5 Å². The van der Waals surface area contributed by atoms with Crippen molar-refractivity contribution in [3.05, 3.63) is 0 Å². The lowest BCUT2D eigenvalue weighted by Gasteiger charge is -2.28. The number of hydrogen-bond donors (Lipinski definition) is 0. The number of rotatable bonds is 3. The number of epoxide rings is 1. The summed E-state index contributed by atoms with van der Waals surface area (Å²) in [4.78, 5) is 25.4. The van der Waals surface area contributed by atoms with E-state index in [4.69, 9.17) is 14.2 Å². The molecule has 0 bridgehead atoms. The van der Waals surface area contributed by atoms with E-state index in [0.717, 1.165) is 6.42 Å². The Labute approximate surface area is 119 Å². The minimum absolute atomic E-state index is 0.0500. The lowest BCUT2D eigenvalue weighted by molar-refractivity contribution is -0.143. The van der Waals surface area contributed by atoms with Crippen LogP contribution in [0.15, 0.2) is 0 Å². The van der Waals surface area contributed by atoms with Crippen LogP contribution in [0.5, 0.6) is 0 Å². The van der Waals surface area contributed by atoms with Gasteiger partial charge in [0.15, 0.2) is 0 Å². The zero-order valence-corrected chi connectivity index (χ0v) is 12.6. The minimum atomic E-state index is -0.513. The van der Waals surface area contributed by atoms with Crippen molar-refractivity contribution in [1.82, 2.24) is 4.90 Å². The maximum Gasteiger partial charge on any atom is 0.410 e. The molecule has 0 N–H and O–H groups in total. The number of carbonyl (C=O) groups is 2. The van der Waals surface area contributed by atoms with Crippen LogP contribution in [0.3, 0.4) is 0 Å². The summed E-state index contributed by atoms with van der Waals surface area (Å²) in [5.41, 5.74) is -0.829. The SMILES string of the molecule is COC(=O)CC1(C2CO2)CCN(C(=O)OC(C)(C)C)C1. The fourth-order valence-electron chi connectivity index (χ4n) is 2.66. The normalized spacial score (nSPS) is 29.2. The monoisotopic (exact) mass is 285 g/mol. The molecule has 2 aliphatic rings. The van der Waals surface area contributed by atoms with Gasteiger partial charge < -0.3 is 19.1 Å². The summed E-state index contributed by atoms with van der Waals surface area (Å²) in [6.45, 7) is 7.25. The van der Waals surface area contributed by atoms with E-state index < -0.39 is 5.60 Å². The van der Waals surface area contributed by atoms with E-state index in [-0.39, 0.29) is 30.0 Å². The third-order valence-corrected chi connectivity index (χ3v) is 3.78. The van der Waals surface area contributed by atoms with Crippen molar-refractivity contribution in [1.29, 1.82) is 0 Å². The van der Waals surface area contributed by atoms with Gasteiger partial charge in [-0.15, -0.1) is 0 Å². The van der Waals surface area contributed by atoms with Gasteiger partial charge in [0.25, 0.3) is 0 Å². The molecular weight excluding hydrogens is 262 g/mol. The van der Waals surface area contributed by atoms with Crippen molar-refractivity contribution in [2.24, 2.45) is 5.41 Å². The van der Waals surface area contributed by atoms with Crippen molar-refractivity contribution in [2.75, 3.05) is 26.8 Å². The fraction of sp³-hybridized carbons (Fsp3) is 0.857. The molecule has 2 saturated heterocycles. The molecule has 2 aliphatic heterocycles. The zero-order valence-electron chi connectivity index (χ0n) is 12.6. The number of ether oxygens (including phenoxy) is 3. The predicted octanol–water partition coefficient (Wildman–Crippen LogP) is 1.58. The van der Waals surface area contributed by atoms with Gasteiger partial charge in [-0.1, -0.05) is 0 Å². The van der Waals surface area contributed by atoms with E-state index in [1.54, 1.807) is 4.90 Å². The molecule has 2 fully saturated rings. The van der Waals surface area contributed by atoms with Gasteiger partial charge in [0.1, 0.15) is 5.60 Å². The van der Waals surface area contributed by atoms with Gasteiger partial charge in [0.05, 0.1) is 26.2 Å². The Morgan fingerprint density at radius 3 is 2.55 bits per heavy atom. The van der Waals surface area contributed by atoms with E-state index >= 15 is 0 Å². The summed E-state index contributed by atoms with van der Waals surface area (Å²) < 4.78 is 15.5. The second-order valence-corrected chi connectivity index (χ2v) is 6.59. The van der Waals surface area contributed by atoms with Crippen LogP contribution in [0.2, 0.25) is 0 Å². The van der Waals surface area contributed by atoms with Crippen molar-refractivity contribution >= 4 is 12.1 Å². The average Bonchev–Trinajstić information content (AvgIpc) is 3.10. The molecule has 6 nitrogen and oxygen atoms in total. The second-order valence-electron chi connectivity index (χ2n) is 6.59. The maximum atomic E-state index is 12.1. The Balaban J connectivity index is 2.00. The molecular formula is C14H23NO5. The topological polar surface area (TPSA) is 68.4 Å². The van der Waals surface area contributed by atoms with Crippen LogP contribution in [0.4, 0.5) is 4.79 Å². The lowest BCUT2D eigenvalue weighted by Crippen LogP contribution is -2.39.